The first-order chi connectivity index (χ1) is 21.0. The van der Waals surface area contributed by atoms with Gasteiger partial charge in [0.1, 0.15) is 12.3 Å². The van der Waals surface area contributed by atoms with E-state index in [4.69, 9.17) is 14.5 Å². The average molecular weight is 598 g/mol. The van der Waals surface area contributed by atoms with Gasteiger partial charge in [0.2, 0.25) is 0 Å². The zero-order chi connectivity index (χ0) is 31.4. The second kappa shape index (κ2) is 13.2. The molecule has 0 unspecified atom stereocenters. The molecule has 0 aliphatic carbocycles. The van der Waals surface area contributed by atoms with E-state index in [-0.39, 0.29) is 36.6 Å². The maximum absolute atomic E-state index is 12.9. The number of pyridine rings is 1. The Hall–Kier alpha value is -4.20. The Morgan fingerprint density at radius 1 is 1.02 bits per heavy atom. The third-order valence-electron chi connectivity index (χ3n) is 8.71. The van der Waals surface area contributed by atoms with Crippen LogP contribution in [0.3, 0.4) is 0 Å². The van der Waals surface area contributed by atoms with Crippen LogP contribution in [0.15, 0.2) is 48.5 Å². The van der Waals surface area contributed by atoms with E-state index in [2.05, 4.69) is 24.8 Å². The molecule has 1 saturated heterocycles. The number of ether oxygens (including phenoxy) is 2. The molecule has 0 N–H and O–H groups in total. The normalized spacial score (nSPS) is 16.0. The topological polar surface area (TPSA) is 89.0 Å². The van der Waals surface area contributed by atoms with Gasteiger partial charge in [-0.25, -0.2) is 9.78 Å². The molecule has 3 aromatic rings. The molecule has 0 spiro atoms. The highest BCUT2D eigenvalue weighted by atomic mass is 16.6. The summed E-state index contributed by atoms with van der Waals surface area (Å²) in [6.07, 6.45) is 3.02. The smallest absolute Gasteiger partial charge is 0.410 e. The highest BCUT2D eigenvalue weighted by Gasteiger charge is 2.32. The monoisotopic (exact) mass is 597 g/mol. The van der Waals surface area contributed by atoms with Crippen LogP contribution in [0.25, 0.3) is 11.1 Å². The van der Waals surface area contributed by atoms with Gasteiger partial charge in [-0.3, -0.25) is 9.59 Å². The molecular weight excluding hydrogens is 554 g/mol. The maximum Gasteiger partial charge on any atom is 0.410 e. The summed E-state index contributed by atoms with van der Waals surface area (Å²) in [5.74, 6) is -0.307. The van der Waals surface area contributed by atoms with Crippen molar-refractivity contribution >= 4 is 24.0 Å². The van der Waals surface area contributed by atoms with Crippen LogP contribution in [0.4, 0.5) is 10.5 Å². The molecule has 1 fully saturated rings. The molecule has 0 bridgehead atoms. The van der Waals surface area contributed by atoms with Crippen molar-refractivity contribution in [2.75, 3.05) is 24.5 Å². The largest absolute Gasteiger partial charge is 0.463 e. The third kappa shape index (κ3) is 7.12. The van der Waals surface area contributed by atoms with Crippen molar-refractivity contribution in [3.8, 4) is 11.1 Å². The van der Waals surface area contributed by atoms with Gasteiger partial charge in [-0.1, -0.05) is 62.4 Å². The summed E-state index contributed by atoms with van der Waals surface area (Å²) in [4.78, 5) is 47.1. The molecular formula is C36H43N3O5. The standard InChI is InChI=1S/C36H43N3O5/c1-24(2)44-32(41)20-30-25(3)37-31(22-40)33(34(30)38-17-14-36(4,5)15-18-38)28-11-12-29-21-39(16-13-27(29)19-28)35(42)43-23-26-9-7-6-8-10-26/h6-12,19,22,24H,13-18,20-21,23H2,1-5H3. The maximum atomic E-state index is 12.9. The van der Waals surface area contributed by atoms with Crippen LogP contribution in [0, 0.1) is 12.3 Å². The van der Waals surface area contributed by atoms with Crippen LogP contribution in [-0.4, -0.2) is 54.0 Å². The summed E-state index contributed by atoms with van der Waals surface area (Å²) in [5.41, 5.74) is 7.73. The van der Waals surface area contributed by atoms with E-state index in [0.717, 1.165) is 71.3 Å². The average Bonchev–Trinajstić information content (AvgIpc) is 3.00. The summed E-state index contributed by atoms with van der Waals surface area (Å²) in [7, 11) is 0. The van der Waals surface area contributed by atoms with E-state index in [9.17, 15) is 14.4 Å². The van der Waals surface area contributed by atoms with Crippen molar-refractivity contribution in [3.63, 3.8) is 0 Å². The molecule has 0 atom stereocenters. The van der Waals surface area contributed by atoms with E-state index in [1.807, 2.05) is 63.2 Å². The Labute approximate surface area is 260 Å². The number of hydrogen-bond acceptors (Lipinski definition) is 7. The molecule has 3 heterocycles. The summed E-state index contributed by atoms with van der Waals surface area (Å²) in [6, 6.07) is 15.8. The first kappa shape index (κ1) is 31.2. The lowest BCUT2D eigenvalue weighted by atomic mass is 9.81. The number of carbonyl (C=O) groups is 3. The van der Waals surface area contributed by atoms with E-state index >= 15 is 0 Å². The Morgan fingerprint density at radius 2 is 1.75 bits per heavy atom. The lowest BCUT2D eigenvalue weighted by Gasteiger charge is -2.40. The van der Waals surface area contributed by atoms with Crippen LogP contribution in [0.1, 0.15) is 79.0 Å². The number of benzene rings is 2. The molecule has 2 aliphatic rings. The van der Waals surface area contributed by atoms with Gasteiger partial charge in [0.05, 0.1) is 18.2 Å². The minimum Gasteiger partial charge on any atom is -0.463 e. The molecule has 0 radical (unpaired) electrons. The van der Waals surface area contributed by atoms with Gasteiger partial charge in [-0.2, -0.15) is 0 Å². The molecule has 1 aromatic heterocycles. The molecule has 8 nitrogen and oxygen atoms in total. The van der Waals surface area contributed by atoms with Crippen molar-refractivity contribution in [1.29, 1.82) is 0 Å². The number of hydrogen-bond donors (Lipinski definition) is 0. The molecule has 2 aromatic carbocycles. The van der Waals surface area contributed by atoms with Gasteiger partial charge in [0, 0.05) is 43.0 Å². The fraction of sp³-hybridized carbons (Fsp3) is 0.444. The number of nitrogens with zero attached hydrogens (tertiary/aromatic N) is 3. The quantitative estimate of drug-likeness (QED) is 0.211. The highest BCUT2D eigenvalue weighted by molar-refractivity contribution is 5.95. The SMILES string of the molecule is Cc1nc(C=O)c(-c2ccc3c(c2)CCN(C(=O)OCc2ccccc2)C3)c(N2CCC(C)(C)CC2)c1CC(=O)OC(C)C. The lowest BCUT2D eigenvalue weighted by Crippen LogP contribution is -2.38. The number of aromatic nitrogens is 1. The van der Waals surface area contributed by atoms with Crippen LogP contribution < -0.4 is 4.90 Å². The minimum atomic E-state index is -0.331. The van der Waals surface area contributed by atoms with Crippen molar-refractivity contribution < 1.29 is 23.9 Å². The molecule has 1 amide bonds. The molecule has 232 valence electrons. The second-order valence-electron chi connectivity index (χ2n) is 13.0. The fourth-order valence-corrected chi connectivity index (χ4v) is 6.14. The highest BCUT2D eigenvalue weighted by Crippen LogP contribution is 2.42. The van der Waals surface area contributed by atoms with Gasteiger partial charge in [0.25, 0.3) is 0 Å². The predicted molar refractivity (Wildman–Crippen MR) is 171 cm³/mol. The van der Waals surface area contributed by atoms with E-state index in [1.165, 1.54) is 0 Å². The van der Waals surface area contributed by atoms with Crippen molar-refractivity contribution in [1.82, 2.24) is 9.88 Å². The number of aldehydes is 1. The van der Waals surface area contributed by atoms with Gasteiger partial charge < -0.3 is 19.3 Å². The molecule has 0 saturated carbocycles. The molecule has 5 rings (SSSR count). The van der Waals surface area contributed by atoms with Crippen molar-refractivity contribution in [3.05, 3.63) is 82.2 Å². The number of fused-ring (bicyclic) bond motifs is 1. The summed E-state index contributed by atoms with van der Waals surface area (Å²) in [5, 5.41) is 0. The number of esters is 1. The Bertz CT molecular complexity index is 1520. The third-order valence-corrected chi connectivity index (χ3v) is 8.71. The summed E-state index contributed by atoms with van der Waals surface area (Å²) >= 11 is 0. The minimum absolute atomic E-state index is 0.0867. The van der Waals surface area contributed by atoms with Crippen molar-refractivity contribution in [2.45, 2.75) is 79.6 Å². The number of carbonyl (C=O) groups excluding carboxylic acids is 3. The molecule has 44 heavy (non-hydrogen) atoms. The first-order valence-corrected chi connectivity index (χ1v) is 15.6. The zero-order valence-corrected chi connectivity index (χ0v) is 26.5. The Kier molecular flexibility index (Phi) is 9.37. The first-order valence-electron chi connectivity index (χ1n) is 15.6. The predicted octanol–water partition coefficient (Wildman–Crippen LogP) is 6.68. The lowest BCUT2D eigenvalue weighted by molar-refractivity contribution is -0.146. The molecule has 8 heteroatoms. The van der Waals surface area contributed by atoms with Gasteiger partial charge >= 0.3 is 12.1 Å². The second-order valence-corrected chi connectivity index (χ2v) is 13.0. The summed E-state index contributed by atoms with van der Waals surface area (Å²) < 4.78 is 11.1. The number of anilines is 1. The molecule has 2 aliphatic heterocycles. The van der Waals surface area contributed by atoms with Crippen LogP contribution in [-0.2, 0) is 40.3 Å². The van der Waals surface area contributed by atoms with Gasteiger partial charge in [-0.15, -0.1) is 0 Å². The van der Waals surface area contributed by atoms with Crippen LogP contribution in [0.5, 0.6) is 0 Å². The van der Waals surface area contributed by atoms with E-state index < -0.39 is 0 Å². The number of amides is 1. The van der Waals surface area contributed by atoms with E-state index in [1.54, 1.807) is 4.90 Å². The number of rotatable bonds is 8. The number of piperidine rings is 1. The van der Waals surface area contributed by atoms with Crippen LogP contribution in [0.2, 0.25) is 0 Å². The van der Waals surface area contributed by atoms with Gasteiger partial charge in [0.15, 0.2) is 6.29 Å². The Balaban J connectivity index is 1.47. The zero-order valence-electron chi connectivity index (χ0n) is 26.5. The van der Waals surface area contributed by atoms with E-state index in [0.29, 0.717) is 30.9 Å². The van der Waals surface area contributed by atoms with Gasteiger partial charge in [-0.05, 0) is 67.7 Å². The Morgan fingerprint density at radius 3 is 2.43 bits per heavy atom. The fourth-order valence-electron chi connectivity index (χ4n) is 6.14. The number of aryl methyl sites for hydroxylation is 1. The van der Waals surface area contributed by atoms with Crippen LogP contribution >= 0.6 is 0 Å². The van der Waals surface area contributed by atoms with Crippen molar-refractivity contribution in [2.24, 2.45) is 5.41 Å². The summed E-state index contributed by atoms with van der Waals surface area (Å²) in [6.45, 7) is 13.0.